The van der Waals surface area contributed by atoms with Crippen LogP contribution >= 0.6 is 0 Å². The Bertz CT molecular complexity index is 925. The fraction of sp³-hybridized carbons (Fsp3) is 0.520. The lowest BCUT2D eigenvalue weighted by atomic mass is 9.95. The topological polar surface area (TPSA) is 61.7 Å². The van der Waals surface area contributed by atoms with E-state index in [0.29, 0.717) is 6.54 Å². The number of morpholine rings is 1. The van der Waals surface area contributed by atoms with Crippen LogP contribution in [0.1, 0.15) is 48.0 Å². The molecule has 0 unspecified atom stereocenters. The predicted molar refractivity (Wildman–Crippen MR) is 122 cm³/mol. The van der Waals surface area contributed by atoms with Gasteiger partial charge in [0.1, 0.15) is 5.82 Å². The van der Waals surface area contributed by atoms with E-state index in [2.05, 4.69) is 15.9 Å². The first-order valence-corrected chi connectivity index (χ1v) is 11.6. The molecule has 1 atom stereocenters. The van der Waals surface area contributed by atoms with Crippen LogP contribution in [0.4, 0.5) is 5.82 Å². The average molecular weight is 421 g/mol. The average Bonchev–Trinajstić information content (AvgIpc) is 2.85. The van der Waals surface area contributed by atoms with Crippen LogP contribution in [-0.2, 0) is 17.6 Å². The van der Waals surface area contributed by atoms with Crippen LogP contribution in [0.2, 0.25) is 0 Å². The number of aliphatic hydroxyl groups excluding tert-OH is 1. The summed E-state index contributed by atoms with van der Waals surface area (Å²) in [7, 11) is 0. The Morgan fingerprint density at radius 2 is 1.77 bits per heavy atom. The maximum atomic E-state index is 10.6. The van der Waals surface area contributed by atoms with E-state index in [1.165, 1.54) is 29.7 Å². The van der Waals surface area contributed by atoms with E-state index in [4.69, 9.17) is 14.7 Å². The maximum Gasteiger partial charge on any atom is 0.157 e. The Balaban J connectivity index is 1.33. The first kappa shape index (κ1) is 20.6. The largest absolute Gasteiger partial charge is 0.387 e. The van der Waals surface area contributed by atoms with Gasteiger partial charge in [0.25, 0.3) is 0 Å². The van der Waals surface area contributed by atoms with Gasteiger partial charge in [0, 0.05) is 44.0 Å². The van der Waals surface area contributed by atoms with E-state index in [1.54, 1.807) is 0 Å². The Hall–Kier alpha value is -2.28. The highest BCUT2D eigenvalue weighted by Crippen LogP contribution is 2.31. The highest BCUT2D eigenvalue weighted by atomic mass is 16.5. The normalized spacial score (nSPS) is 20.8. The molecule has 0 saturated carbocycles. The number of aromatic nitrogens is 2. The number of anilines is 1. The Labute approximate surface area is 184 Å². The molecule has 0 amide bonds. The molecule has 0 bridgehead atoms. The summed E-state index contributed by atoms with van der Waals surface area (Å²) < 4.78 is 5.56. The molecule has 1 aromatic carbocycles. The number of nitrogens with zero attached hydrogens (tertiary/aromatic N) is 4. The van der Waals surface area contributed by atoms with Crippen LogP contribution in [0.25, 0.3) is 5.57 Å². The number of β-amino-alcohol motifs (C(OH)–C–C–N with tert-alkyl or cyclic N) is 1. The number of hydrogen-bond acceptors (Lipinski definition) is 6. The van der Waals surface area contributed by atoms with Crippen LogP contribution in [0.15, 0.2) is 36.4 Å². The molecule has 2 aliphatic heterocycles. The molecule has 3 aliphatic rings. The van der Waals surface area contributed by atoms with Gasteiger partial charge in [0.2, 0.25) is 0 Å². The summed E-state index contributed by atoms with van der Waals surface area (Å²) in [6.07, 6.45) is 7.32. The second-order valence-corrected chi connectivity index (χ2v) is 8.77. The van der Waals surface area contributed by atoms with Gasteiger partial charge in [-0.2, -0.15) is 0 Å². The first-order valence-electron chi connectivity index (χ1n) is 11.6. The van der Waals surface area contributed by atoms with Gasteiger partial charge >= 0.3 is 0 Å². The quantitative estimate of drug-likeness (QED) is 0.802. The molecule has 1 fully saturated rings. The second-order valence-electron chi connectivity index (χ2n) is 8.77. The molecular weight excluding hydrogens is 388 g/mol. The summed E-state index contributed by atoms with van der Waals surface area (Å²) in [5.74, 6) is 2.05. The summed E-state index contributed by atoms with van der Waals surface area (Å²) in [6, 6.07) is 9.92. The number of hydrogen-bond donors (Lipinski definition) is 1. The van der Waals surface area contributed by atoms with E-state index < -0.39 is 6.10 Å². The van der Waals surface area contributed by atoms with Crippen molar-refractivity contribution in [2.45, 2.75) is 38.2 Å². The van der Waals surface area contributed by atoms with Crippen LogP contribution in [0.3, 0.4) is 0 Å². The molecular formula is C25H32N4O2. The van der Waals surface area contributed by atoms with Crippen molar-refractivity contribution in [2.75, 3.05) is 50.8 Å². The number of aryl methyl sites for hydroxylation is 1. The zero-order valence-electron chi connectivity index (χ0n) is 18.2. The van der Waals surface area contributed by atoms with Crippen molar-refractivity contribution in [3.63, 3.8) is 0 Å². The third-order valence-corrected chi connectivity index (χ3v) is 6.67. The fourth-order valence-corrected chi connectivity index (χ4v) is 4.86. The Morgan fingerprint density at radius 3 is 2.55 bits per heavy atom. The van der Waals surface area contributed by atoms with E-state index in [0.717, 1.165) is 75.9 Å². The SMILES string of the molecule is O[C@H](CN1CC=C(c2nc3c(c(N4CCOCC4)n2)CCCC3)CC1)c1ccccc1. The zero-order valence-corrected chi connectivity index (χ0v) is 18.2. The standard InChI is InChI=1S/C25H32N4O2/c30-23(19-6-2-1-3-7-19)18-28-12-10-20(11-13-28)24-26-22-9-5-4-8-21(22)25(27-24)29-14-16-31-17-15-29/h1-3,6-7,10,23,30H,4-5,8-9,11-18H2/t23-/m1/s1. The predicted octanol–water partition coefficient (Wildman–Crippen LogP) is 3.01. The lowest BCUT2D eigenvalue weighted by Gasteiger charge is -2.32. The Kier molecular flexibility index (Phi) is 6.30. The molecule has 2 aromatic rings. The molecule has 5 rings (SSSR count). The van der Waals surface area contributed by atoms with Gasteiger partial charge in [-0.1, -0.05) is 36.4 Å². The fourth-order valence-electron chi connectivity index (χ4n) is 4.86. The van der Waals surface area contributed by atoms with Crippen molar-refractivity contribution in [3.8, 4) is 0 Å². The minimum atomic E-state index is -0.455. The highest BCUT2D eigenvalue weighted by Gasteiger charge is 2.25. The molecule has 1 saturated heterocycles. The van der Waals surface area contributed by atoms with Gasteiger partial charge < -0.3 is 14.7 Å². The molecule has 164 valence electrons. The number of fused-ring (bicyclic) bond motifs is 1. The highest BCUT2D eigenvalue weighted by molar-refractivity contribution is 5.64. The monoisotopic (exact) mass is 420 g/mol. The third-order valence-electron chi connectivity index (χ3n) is 6.67. The van der Waals surface area contributed by atoms with Crippen molar-refractivity contribution in [1.82, 2.24) is 14.9 Å². The molecule has 1 aromatic heterocycles. The zero-order chi connectivity index (χ0) is 21.0. The minimum absolute atomic E-state index is 0.455. The number of aliphatic hydroxyl groups is 1. The number of rotatable bonds is 5. The summed E-state index contributed by atoms with van der Waals surface area (Å²) in [5.41, 5.74) is 4.83. The summed E-state index contributed by atoms with van der Waals surface area (Å²) in [5, 5.41) is 10.6. The molecule has 6 nitrogen and oxygen atoms in total. The van der Waals surface area contributed by atoms with Crippen LogP contribution in [0, 0.1) is 0 Å². The molecule has 1 N–H and O–H groups in total. The van der Waals surface area contributed by atoms with E-state index in [9.17, 15) is 5.11 Å². The summed E-state index contributed by atoms with van der Waals surface area (Å²) >= 11 is 0. The molecule has 0 spiro atoms. The van der Waals surface area contributed by atoms with Crippen LogP contribution < -0.4 is 4.90 Å². The van der Waals surface area contributed by atoms with E-state index in [-0.39, 0.29) is 0 Å². The van der Waals surface area contributed by atoms with Crippen LogP contribution in [-0.4, -0.2) is 65.9 Å². The van der Waals surface area contributed by atoms with Gasteiger partial charge in [0.15, 0.2) is 5.82 Å². The lowest BCUT2D eigenvalue weighted by Crippen LogP contribution is -2.38. The minimum Gasteiger partial charge on any atom is -0.387 e. The van der Waals surface area contributed by atoms with Gasteiger partial charge in [0.05, 0.1) is 19.3 Å². The van der Waals surface area contributed by atoms with Gasteiger partial charge in [-0.05, 0) is 43.2 Å². The number of benzene rings is 1. The number of ether oxygens (including phenoxy) is 1. The third kappa shape index (κ3) is 4.66. The summed E-state index contributed by atoms with van der Waals surface area (Å²) in [4.78, 5) is 14.8. The van der Waals surface area contributed by atoms with Crippen LogP contribution in [0.5, 0.6) is 0 Å². The Morgan fingerprint density at radius 1 is 0.968 bits per heavy atom. The van der Waals surface area contributed by atoms with E-state index in [1.807, 2.05) is 30.3 Å². The molecule has 3 heterocycles. The van der Waals surface area contributed by atoms with Crippen molar-refractivity contribution in [1.29, 1.82) is 0 Å². The smallest absolute Gasteiger partial charge is 0.157 e. The molecule has 6 heteroatoms. The molecule has 0 radical (unpaired) electrons. The lowest BCUT2D eigenvalue weighted by molar-refractivity contribution is 0.119. The summed E-state index contributed by atoms with van der Waals surface area (Å²) in [6.45, 7) is 5.76. The first-order chi connectivity index (χ1) is 15.3. The van der Waals surface area contributed by atoms with Gasteiger partial charge in [-0.25, -0.2) is 9.97 Å². The van der Waals surface area contributed by atoms with Gasteiger partial charge in [-0.15, -0.1) is 0 Å². The van der Waals surface area contributed by atoms with Crippen molar-refractivity contribution >= 4 is 11.4 Å². The van der Waals surface area contributed by atoms with E-state index >= 15 is 0 Å². The van der Waals surface area contributed by atoms with Crippen molar-refractivity contribution in [2.24, 2.45) is 0 Å². The van der Waals surface area contributed by atoms with Crippen molar-refractivity contribution in [3.05, 3.63) is 59.1 Å². The molecule has 31 heavy (non-hydrogen) atoms. The maximum absolute atomic E-state index is 10.6. The van der Waals surface area contributed by atoms with Crippen molar-refractivity contribution < 1.29 is 9.84 Å². The van der Waals surface area contributed by atoms with Gasteiger partial charge in [-0.3, -0.25) is 4.90 Å². The second kappa shape index (κ2) is 9.47. The molecule has 1 aliphatic carbocycles.